The summed E-state index contributed by atoms with van der Waals surface area (Å²) in [6, 6.07) is 9.38. The van der Waals surface area contributed by atoms with Gasteiger partial charge in [0.2, 0.25) is 0 Å². The summed E-state index contributed by atoms with van der Waals surface area (Å²) in [5.74, 6) is 1.14. The number of methoxy groups -OCH3 is 1. The molecule has 1 aromatic carbocycles. The molecule has 0 saturated carbocycles. The number of ether oxygens (including phenoxy) is 2. The first kappa shape index (κ1) is 15.1. The summed E-state index contributed by atoms with van der Waals surface area (Å²) in [6.07, 6.45) is 0. The van der Waals surface area contributed by atoms with Gasteiger partial charge in [0, 0.05) is 26.2 Å². The fraction of sp³-hybridized carbons (Fsp3) is 0.467. The van der Waals surface area contributed by atoms with Crippen LogP contribution in [-0.2, 0) is 4.79 Å². The number of benzene rings is 1. The maximum Gasteiger partial charge on any atom is 0.260 e. The van der Waals surface area contributed by atoms with Gasteiger partial charge in [-0.05, 0) is 12.1 Å². The zero-order valence-electron chi connectivity index (χ0n) is 12.1. The van der Waals surface area contributed by atoms with Gasteiger partial charge in [0.25, 0.3) is 5.91 Å². The fourth-order valence-electron chi connectivity index (χ4n) is 2.22. The van der Waals surface area contributed by atoms with Crippen molar-refractivity contribution < 1.29 is 14.3 Å². The molecule has 1 fully saturated rings. The number of nitriles is 1. The van der Waals surface area contributed by atoms with E-state index in [1.807, 2.05) is 17.0 Å². The molecule has 6 heteroatoms. The number of carbonyl (C=O) groups excluding carboxylic acids is 1. The lowest BCUT2D eigenvalue weighted by atomic mass is 10.3. The van der Waals surface area contributed by atoms with Crippen molar-refractivity contribution in [3.8, 4) is 17.6 Å². The summed E-state index contributed by atoms with van der Waals surface area (Å²) < 4.78 is 10.7. The predicted octanol–water partition coefficient (Wildman–Crippen LogP) is 0.742. The minimum atomic E-state index is -0.0440. The van der Waals surface area contributed by atoms with Crippen LogP contribution in [0.5, 0.6) is 11.5 Å². The average Bonchev–Trinajstić information content (AvgIpc) is 2.54. The van der Waals surface area contributed by atoms with E-state index in [-0.39, 0.29) is 12.5 Å². The van der Waals surface area contributed by atoms with Crippen molar-refractivity contribution in [1.29, 1.82) is 5.26 Å². The van der Waals surface area contributed by atoms with Crippen LogP contribution < -0.4 is 9.47 Å². The molecular formula is C15H19N3O3. The second kappa shape index (κ2) is 7.50. The Morgan fingerprint density at radius 3 is 2.52 bits per heavy atom. The van der Waals surface area contributed by atoms with Crippen LogP contribution in [0.1, 0.15) is 0 Å². The molecule has 0 radical (unpaired) electrons. The highest BCUT2D eigenvalue weighted by atomic mass is 16.5. The van der Waals surface area contributed by atoms with E-state index in [9.17, 15) is 4.79 Å². The van der Waals surface area contributed by atoms with Crippen molar-refractivity contribution in [3.05, 3.63) is 24.3 Å². The largest absolute Gasteiger partial charge is 0.493 e. The number of nitrogens with zero attached hydrogens (tertiary/aromatic N) is 3. The Labute approximate surface area is 124 Å². The smallest absolute Gasteiger partial charge is 0.260 e. The topological polar surface area (TPSA) is 65.8 Å². The molecule has 112 valence electrons. The third-order valence-corrected chi connectivity index (χ3v) is 3.44. The van der Waals surface area contributed by atoms with Crippen LogP contribution in [0.3, 0.4) is 0 Å². The molecule has 1 amide bonds. The van der Waals surface area contributed by atoms with Gasteiger partial charge < -0.3 is 14.4 Å². The van der Waals surface area contributed by atoms with E-state index in [4.69, 9.17) is 14.7 Å². The highest BCUT2D eigenvalue weighted by Crippen LogP contribution is 2.25. The number of amides is 1. The fourth-order valence-corrected chi connectivity index (χ4v) is 2.22. The van der Waals surface area contributed by atoms with E-state index in [0.29, 0.717) is 31.1 Å². The molecule has 2 rings (SSSR count). The van der Waals surface area contributed by atoms with Crippen LogP contribution in [0, 0.1) is 11.3 Å². The van der Waals surface area contributed by atoms with E-state index in [0.717, 1.165) is 13.1 Å². The first-order chi connectivity index (χ1) is 10.2. The highest BCUT2D eigenvalue weighted by molar-refractivity contribution is 5.78. The molecule has 1 saturated heterocycles. The van der Waals surface area contributed by atoms with Crippen LogP contribution in [-0.4, -0.2) is 62.1 Å². The molecule has 0 N–H and O–H groups in total. The first-order valence-corrected chi connectivity index (χ1v) is 6.87. The van der Waals surface area contributed by atoms with Crippen molar-refractivity contribution in [2.45, 2.75) is 0 Å². The van der Waals surface area contributed by atoms with Crippen molar-refractivity contribution in [2.75, 3.05) is 46.4 Å². The molecule has 1 aliphatic rings. The Balaban J connectivity index is 1.82. The highest BCUT2D eigenvalue weighted by Gasteiger charge is 2.21. The molecule has 0 bridgehead atoms. The van der Waals surface area contributed by atoms with E-state index in [1.54, 1.807) is 24.1 Å². The molecule has 1 heterocycles. The Morgan fingerprint density at radius 2 is 1.90 bits per heavy atom. The molecule has 1 aliphatic heterocycles. The maximum absolute atomic E-state index is 12.1. The average molecular weight is 289 g/mol. The van der Waals surface area contributed by atoms with Gasteiger partial charge >= 0.3 is 0 Å². The molecule has 21 heavy (non-hydrogen) atoms. The van der Waals surface area contributed by atoms with Crippen molar-refractivity contribution >= 4 is 5.91 Å². The van der Waals surface area contributed by atoms with Crippen LogP contribution in [0.2, 0.25) is 0 Å². The normalized spacial score (nSPS) is 15.3. The molecule has 0 aliphatic carbocycles. The molecular weight excluding hydrogens is 270 g/mol. The molecule has 1 aromatic rings. The molecule has 0 atom stereocenters. The van der Waals surface area contributed by atoms with Gasteiger partial charge in [-0.25, -0.2) is 0 Å². The Bertz CT molecular complexity index is 519. The predicted molar refractivity (Wildman–Crippen MR) is 77.1 cm³/mol. The van der Waals surface area contributed by atoms with Gasteiger partial charge in [0.1, 0.15) is 0 Å². The van der Waals surface area contributed by atoms with Crippen LogP contribution in [0.15, 0.2) is 24.3 Å². The zero-order valence-corrected chi connectivity index (χ0v) is 12.1. The SMILES string of the molecule is COc1ccccc1OCC(=O)N1CCN(CC#N)CC1. The molecule has 0 unspecified atom stereocenters. The summed E-state index contributed by atoms with van der Waals surface area (Å²) in [5, 5.41) is 8.65. The van der Waals surface area contributed by atoms with Crippen molar-refractivity contribution in [1.82, 2.24) is 9.80 Å². The summed E-state index contributed by atoms with van der Waals surface area (Å²) in [7, 11) is 1.57. The summed E-state index contributed by atoms with van der Waals surface area (Å²) in [6.45, 7) is 3.14. The van der Waals surface area contributed by atoms with E-state index in [1.165, 1.54) is 0 Å². The van der Waals surface area contributed by atoms with Gasteiger partial charge in [-0.3, -0.25) is 9.69 Å². The van der Waals surface area contributed by atoms with Crippen LogP contribution in [0.25, 0.3) is 0 Å². The standard InChI is InChI=1S/C15H19N3O3/c1-20-13-4-2-3-5-14(13)21-12-15(19)18-10-8-17(7-6-16)9-11-18/h2-5H,7-12H2,1H3. The summed E-state index contributed by atoms with van der Waals surface area (Å²) in [5.41, 5.74) is 0. The minimum absolute atomic E-state index is 0.00137. The number of carbonyl (C=O) groups is 1. The number of hydrogen-bond acceptors (Lipinski definition) is 5. The van der Waals surface area contributed by atoms with Gasteiger partial charge in [-0.15, -0.1) is 0 Å². The number of piperazine rings is 1. The third kappa shape index (κ3) is 4.10. The van der Waals surface area contributed by atoms with E-state index >= 15 is 0 Å². The second-order valence-electron chi connectivity index (χ2n) is 4.75. The molecule has 6 nitrogen and oxygen atoms in total. The van der Waals surface area contributed by atoms with Crippen LogP contribution in [0.4, 0.5) is 0 Å². The number of rotatable bonds is 5. The maximum atomic E-state index is 12.1. The first-order valence-electron chi connectivity index (χ1n) is 6.87. The van der Waals surface area contributed by atoms with Gasteiger partial charge in [0.15, 0.2) is 18.1 Å². The van der Waals surface area contributed by atoms with Crippen molar-refractivity contribution in [2.24, 2.45) is 0 Å². The second-order valence-corrected chi connectivity index (χ2v) is 4.75. The zero-order chi connectivity index (χ0) is 15.1. The Hall–Kier alpha value is -2.26. The van der Waals surface area contributed by atoms with Crippen LogP contribution >= 0.6 is 0 Å². The Kier molecular flexibility index (Phi) is 5.41. The van der Waals surface area contributed by atoms with Gasteiger partial charge in [-0.1, -0.05) is 12.1 Å². The van der Waals surface area contributed by atoms with Crippen molar-refractivity contribution in [3.63, 3.8) is 0 Å². The Morgan fingerprint density at radius 1 is 1.24 bits per heavy atom. The van der Waals surface area contributed by atoms with Gasteiger partial charge in [-0.2, -0.15) is 5.26 Å². The summed E-state index contributed by atoms with van der Waals surface area (Å²) in [4.78, 5) is 15.9. The lowest BCUT2D eigenvalue weighted by Crippen LogP contribution is -2.49. The van der Waals surface area contributed by atoms with E-state index < -0.39 is 0 Å². The summed E-state index contributed by atoms with van der Waals surface area (Å²) >= 11 is 0. The third-order valence-electron chi connectivity index (χ3n) is 3.44. The molecule has 0 spiro atoms. The molecule has 0 aromatic heterocycles. The number of hydrogen-bond donors (Lipinski definition) is 0. The monoisotopic (exact) mass is 289 g/mol. The van der Waals surface area contributed by atoms with Gasteiger partial charge in [0.05, 0.1) is 19.7 Å². The minimum Gasteiger partial charge on any atom is -0.493 e. The number of para-hydroxylation sites is 2. The lowest BCUT2D eigenvalue weighted by molar-refractivity contribution is -0.135. The van der Waals surface area contributed by atoms with E-state index in [2.05, 4.69) is 6.07 Å². The quantitative estimate of drug-likeness (QED) is 0.748. The lowest BCUT2D eigenvalue weighted by Gasteiger charge is -2.33.